The lowest BCUT2D eigenvalue weighted by Crippen LogP contribution is -2.37. The van der Waals surface area contributed by atoms with Crippen molar-refractivity contribution in [1.82, 2.24) is 10.6 Å². The fourth-order valence-corrected chi connectivity index (χ4v) is 1.51. The van der Waals surface area contributed by atoms with Crippen molar-refractivity contribution < 1.29 is 5.11 Å². The molecule has 1 aliphatic rings. The van der Waals surface area contributed by atoms with Crippen molar-refractivity contribution in [3.63, 3.8) is 0 Å². The molecule has 0 amide bonds. The number of phenolic OH excluding ortho intramolecular Hbond substituents is 1. The molecule has 3 N–H and O–H groups in total. The van der Waals surface area contributed by atoms with Gasteiger partial charge in [0.05, 0.1) is 6.54 Å². The first-order valence-corrected chi connectivity index (χ1v) is 5.07. The van der Waals surface area contributed by atoms with E-state index in [1.54, 1.807) is 12.1 Å². The topological polar surface area (TPSA) is 56.7 Å². The first kappa shape index (κ1) is 13.1. The molecule has 16 heavy (non-hydrogen) atoms. The summed E-state index contributed by atoms with van der Waals surface area (Å²) in [6.07, 6.45) is 0. The SMILES string of the molecule is CC1CN=C(NCc2cccc(O)c2)N1.I. The maximum absolute atomic E-state index is 9.27. The van der Waals surface area contributed by atoms with E-state index in [2.05, 4.69) is 22.5 Å². The highest BCUT2D eigenvalue weighted by Crippen LogP contribution is 2.10. The maximum atomic E-state index is 9.27. The van der Waals surface area contributed by atoms with Gasteiger partial charge in [-0.05, 0) is 24.6 Å². The van der Waals surface area contributed by atoms with Crippen LogP contribution in [0.15, 0.2) is 29.3 Å². The smallest absolute Gasteiger partial charge is 0.191 e. The predicted molar refractivity (Wildman–Crippen MR) is 75.3 cm³/mol. The summed E-state index contributed by atoms with van der Waals surface area (Å²) in [4.78, 5) is 4.29. The van der Waals surface area contributed by atoms with Crippen LogP contribution in [0.4, 0.5) is 0 Å². The Morgan fingerprint density at radius 1 is 1.56 bits per heavy atom. The van der Waals surface area contributed by atoms with Gasteiger partial charge in [-0.15, -0.1) is 24.0 Å². The summed E-state index contributed by atoms with van der Waals surface area (Å²) < 4.78 is 0. The summed E-state index contributed by atoms with van der Waals surface area (Å²) in [7, 11) is 0. The lowest BCUT2D eigenvalue weighted by atomic mass is 10.2. The van der Waals surface area contributed by atoms with Gasteiger partial charge < -0.3 is 15.7 Å². The molecule has 0 aromatic heterocycles. The van der Waals surface area contributed by atoms with E-state index < -0.39 is 0 Å². The van der Waals surface area contributed by atoms with Gasteiger partial charge in [0.1, 0.15) is 5.75 Å². The van der Waals surface area contributed by atoms with E-state index in [0.717, 1.165) is 18.1 Å². The molecular weight excluding hydrogens is 317 g/mol. The van der Waals surface area contributed by atoms with E-state index >= 15 is 0 Å². The summed E-state index contributed by atoms with van der Waals surface area (Å²) in [6.45, 7) is 3.59. The molecule has 0 saturated heterocycles. The number of benzene rings is 1. The molecular formula is C11H16IN3O. The summed E-state index contributed by atoms with van der Waals surface area (Å²) in [5.41, 5.74) is 1.04. The number of hydrogen-bond donors (Lipinski definition) is 3. The Kier molecular flexibility index (Phi) is 4.85. The van der Waals surface area contributed by atoms with Gasteiger partial charge in [0.2, 0.25) is 0 Å². The number of aromatic hydroxyl groups is 1. The van der Waals surface area contributed by atoms with Gasteiger partial charge in [-0.3, -0.25) is 4.99 Å². The van der Waals surface area contributed by atoms with Gasteiger partial charge in [-0.2, -0.15) is 0 Å². The summed E-state index contributed by atoms with van der Waals surface area (Å²) in [6, 6.07) is 7.62. The highest BCUT2D eigenvalue weighted by Gasteiger charge is 2.11. The van der Waals surface area contributed by atoms with E-state index in [1.807, 2.05) is 12.1 Å². The molecule has 0 spiro atoms. The highest BCUT2D eigenvalue weighted by molar-refractivity contribution is 14.0. The van der Waals surface area contributed by atoms with Crippen molar-refractivity contribution in [2.45, 2.75) is 19.5 Å². The second-order valence-electron chi connectivity index (χ2n) is 3.76. The molecule has 88 valence electrons. The maximum Gasteiger partial charge on any atom is 0.191 e. The molecule has 0 aliphatic carbocycles. The van der Waals surface area contributed by atoms with Crippen LogP contribution in [0.2, 0.25) is 0 Å². The fourth-order valence-electron chi connectivity index (χ4n) is 1.51. The van der Waals surface area contributed by atoms with Crippen LogP contribution in [0.5, 0.6) is 5.75 Å². The Balaban J connectivity index is 0.00000128. The van der Waals surface area contributed by atoms with Crippen molar-refractivity contribution in [2.24, 2.45) is 4.99 Å². The molecule has 2 rings (SSSR count). The zero-order valence-corrected chi connectivity index (χ0v) is 11.4. The minimum absolute atomic E-state index is 0. The Bertz CT molecular complexity index is 381. The molecule has 5 heteroatoms. The lowest BCUT2D eigenvalue weighted by Gasteiger charge is -2.08. The molecule has 0 saturated carbocycles. The number of phenols is 1. The molecule has 0 radical (unpaired) electrons. The summed E-state index contributed by atoms with van der Waals surface area (Å²) in [5.74, 6) is 1.13. The van der Waals surface area contributed by atoms with Crippen molar-refractivity contribution in [3.05, 3.63) is 29.8 Å². The van der Waals surface area contributed by atoms with Crippen LogP contribution in [0.3, 0.4) is 0 Å². The first-order valence-electron chi connectivity index (χ1n) is 5.07. The molecule has 1 aromatic rings. The second kappa shape index (κ2) is 5.93. The molecule has 1 aromatic carbocycles. The third-order valence-corrected chi connectivity index (χ3v) is 2.28. The molecule has 1 atom stereocenters. The Morgan fingerprint density at radius 2 is 2.38 bits per heavy atom. The van der Waals surface area contributed by atoms with Gasteiger partial charge in [0.25, 0.3) is 0 Å². The number of halogens is 1. The van der Waals surface area contributed by atoms with E-state index in [4.69, 9.17) is 0 Å². The largest absolute Gasteiger partial charge is 0.508 e. The normalized spacial score (nSPS) is 18.3. The summed E-state index contributed by atoms with van der Waals surface area (Å²) in [5, 5.41) is 15.7. The van der Waals surface area contributed by atoms with Crippen LogP contribution in [-0.4, -0.2) is 23.7 Å². The van der Waals surface area contributed by atoms with Crippen molar-refractivity contribution in [1.29, 1.82) is 0 Å². The van der Waals surface area contributed by atoms with Crippen molar-refractivity contribution in [3.8, 4) is 5.75 Å². The molecule has 0 fully saturated rings. The second-order valence-corrected chi connectivity index (χ2v) is 3.76. The predicted octanol–water partition coefficient (Wildman–Crippen LogP) is 1.45. The minimum Gasteiger partial charge on any atom is -0.508 e. The number of rotatable bonds is 2. The number of hydrogen-bond acceptors (Lipinski definition) is 4. The monoisotopic (exact) mass is 333 g/mol. The third kappa shape index (κ3) is 3.55. The van der Waals surface area contributed by atoms with Gasteiger partial charge in [0.15, 0.2) is 5.96 Å². The Morgan fingerprint density at radius 3 is 3.00 bits per heavy atom. The van der Waals surface area contributed by atoms with Crippen LogP contribution in [0.25, 0.3) is 0 Å². The van der Waals surface area contributed by atoms with Crippen LogP contribution >= 0.6 is 24.0 Å². The van der Waals surface area contributed by atoms with E-state index in [-0.39, 0.29) is 24.0 Å². The third-order valence-electron chi connectivity index (χ3n) is 2.28. The minimum atomic E-state index is 0. The Hall–Kier alpha value is -0.980. The first-order chi connectivity index (χ1) is 7.24. The number of nitrogens with zero attached hydrogens (tertiary/aromatic N) is 1. The van der Waals surface area contributed by atoms with E-state index in [0.29, 0.717) is 18.3 Å². The van der Waals surface area contributed by atoms with E-state index in [9.17, 15) is 5.11 Å². The number of guanidine groups is 1. The van der Waals surface area contributed by atoms with Crippen LogP contribution in [0, 0.1) is 0 Å². The highest BCUT2D eigenvalue weighted by atomic mass is 127. The van der Waals surface area contributed by atoms with Gasteiger partial charge >= 0.3 is 0 Å². The molecule has 1 aliphatic heterocycles. The van der Waals surface area contributed by atoms with Gasteiger partial charge in [-0.25, -0.2) is 0 Å². The number of nitrogens with one attached hydrogen (secondary N) is 2. The Labute approximate surface area is 112 Å². The lowest BCUT2D eigenvalue weighted by molar-refractivity contribution is 0.474. The fraction of sp³-hybridized carbons (Fsp3) is 0.364. The zero-order valence-electron chi connectivity index (χ0n) is 9.10. The van der Waals surface area contributed by atoms with Gasteiger partial charge in [0, 0.05) is 12.6 Å². The number of aliphatic imine (C=N–C) groups is 1. The molecule has 4 nitrogen and oxygen atoms in total. The average molecular weight is 333 g/mol. The summed E-state index contributed by atoms with van der Waals surface area (Å²) >= 11 is 0. The van der Waals surface area contributed by atoms with Crippen LogP contribution < -0.4 is 10.6 Å². The standard InChI is InChI=1S/C11H15N3O.HI/c1-8-6-12-11(14-8)13-7-9-3-2-4-10(15)5-9;/h2-5,8,15H,6-7H2,1H3,(H2,12,13,14);1H. The zero-order chi connectivity index (χ0) is 10.7. The quantitative estimate of drug-likeness (QED) is 0.718. The molecule has 0 bridgehead atoms. The van der Waals surface area contributed by atoms with Crippen molar-refractivity contribution in [2.75, 3.05) is 6.54 Å². The van der Waals surface area contributed by atoms with Gasteiger partial charge in [-0.1, -0.05) is 12.1 Å². The molecule has 1 unspecified atom stereocenters. The average Bonchev–Trinajstić information content (AvgIpc) is 2.62. The van der Waals surface area contributed by atoms with Crippen LogP contribution in [-0.2, 0) is 6.54 Å². The van der Waals surface area contributed by atoms with E-state index in [1.165, 1.54) is 0 Å². The van der Waals surface area contributed by atoms with Crippen LogP contribution in [0.1, 0.15) is 12.5 Å². The van der Waals surface area contributed by atoms with Crippen molar-refractivity contribution >= 4 is 29.9 Å². The molecule has 1 heterocycles.